The molecule has 0 amide bonds. The number of carbonyl (C=O) groups is 3. The molecule has 0 N–H and O–H groups in total. The molecule has 0 bridgehead atoms. The van der Waals surface area contributed by atoms with E-state index in [0.29, 0.717) is 19.3 Å². The average molecular weight is 863 g/mol. The molecular weight excluding hydrogens is 769 g/mol. The molecule has 0 aliphatic carbocycles. The van der Waals surface area contributed by atoms with Crippen LogP contribution in [0.4, 0.5) is 0 Å². The van der Waals surface area contributed by atoms with Crippen LogP contribution in [0.5, 0.6) is 0 Å². The van der Waals surface area contributed by atoms with Gasteiger partial charge in [0.1, 0.15) is 13.2 Å². The molecule has 6 heteroatoms. The summed E-state index contributed by atoms with van der Waals surface area (Å²) in [6.07, 6.45) is 64.2. The molecule has 0 aromatic rings. The Morgan fingerprint density at radius 2 is 0.645 bits per heavy atom. The summed E-state index contributed by atoms with van der Waals surface area (Å²) in [6, 6.07) is 0. The number of esters is 3. The maximum atomic E-state index is 12.8. The number of unbranched alkanes of at least 4 members (excludes halogenated alkanes) is 24. The molecule has 0 heterocycles. The quantitative estimate of drug-likeness (QED) is 0.0199. The van der Waals surface area contributed by atoms with Crippen LogP contribution in [0.25, 0.3) is 0 Å². The summed E-state index contributed by atoms with van der Waals surface area (Å²) < 4.78 is 16.7. The Bertz CT molecular complexity index is 1220. The van der Waals surface area contributed by atoms with Gasteiger partial charge >= 0.3 is 17.9 Å². The van der Waals surface area contributed by atoms with Crippen LogP contribution in [0.15, 0.2) is 85.1 Å². The molecule has 1 unspecified atom stereocenters. The third-order valence-corrected chi connectivity index (χ3v) is 10.7. The van der Waals surface area contributed by atoms with Crippen molar-refractivity contribution >= 4 is 17.9 Å². The Kier molecular flexibility index (Phi) is 47.5. The zero-order valence-electron chi connectivity index (χ0n) is 40.4. The third-order valence-electron chi connectivity index (χ3n) is 10.7. The van der Waals surface area contributed by atoms with Crippen LogP contribution in [0.3, 0.4) is 0 Å². The van der Waals surface area contributed by atoms with E-state index in [2.05, 4.69) is 81.5 Å². The Morgan fingerprint density at radius 3 is 1.06 bits per heavy atom. The fourth-order valence-corrected chi connectivity index (χ4v) is 6.80. The molecule has 0 fully saturated rings. The molecular formula is C56H94O6. The summed E-state index contributed by atoms with van der Waals surface area (Å²) in [5.41, 5.74) is 0. The maximum Gasteiger partial charge on any atom is 0.306 e. The topological polar surface area (TPSA) is 78.9 Å². The first-order valence-electron chi connectivity index (χ1n) is 25.7. The lowest BCUT2D eigenvalue weighted by Crippen LogP contribution is -2.30. The SMILES string of the molecule is CCC\C=C/C=C\C=C/C=C\C=C/CCCCCCCC(=O)OCC(COC(=O)CCCCCC/C=C\CCCC)OC(=O)CCCCCCC/C=C\CCCCCCCCC. The molecule has 0 spiro atoms. The number of hydrogen-bond donors (Lipinski definition) is 0. The van der Waals surface area contributed by atoms with Crippen LogP contribution < -0.4 is 0 Å². The van der Waals surface area contributed by atoms with Crippen molar-refractivity contribution in [2.45, 2.75) is 239 Å². The average Bonchev–Trinajstić information content (AvgIpc) is 3.27. The zero-order chi connectivity index (χ0) is 45.1. The van der Waals surface area contributed by atoms with Gasteiger partial charge in [0, 0.05) is 19.3 Å². The van der Waals surface area contributed by atoms with E-state index in [1.807, 2.05) is 24.3 Å². The number of allylic oxidation sites excluding steroid dienone is 14. The highest BCUT2D eigenvalue weighted by atomic mass is 16.6. The van der Waals surface area contributed by atoms with Gasteiger partial charge in [-0.25, -0.2) is 0 Å². The summed E-state index contributed by atoms with van der Waals surface area (Å²) in [4.78, 5) is 37.9. The van der Waals surface area contributed by atoms with Crippen molar-refractivity contribution in [1.82, 2.24) is 0 Å². The van der Waals surface area contributed by atoms with Crippen LogP contribution >= 0.6 is 0 Å². The lowest BCUT2D eigenvalue weighted by Gasteiger charge is -2.18. The van der Waals surface area contributed by atoms with Crippen molar-refractivity contribution in [3.8, 4) is 0 Å². The van der Waals surface area contributed by atoms with Crippen molar-refractivity contribution in [1.29, 1.82) is 0 Å². The van der Waals surface area contributed by atoms with Crippen LogP contribution in [-0.4, -0.2) is 37.2 Å². The third kappa shape index (κ3) is 47.6. The number of carbonyl (C=O) groups excluding carboxylic acids is 3. The zero-order valence-corrected chi connectivity index (χ0v) is 40.4. The van der Waals surface area contributed by atoms with Crippen LogP contribution in [0.2, 0.25) is 0 Å². The highest BCUT2D eigenvalue weighted by Crippen LogP contribution is 2.13. The van der Waals surface area contributed by atoms with E-state index in [9.17, 15) is 14.4 Å². The molecule has 354 valence electrons. The van der Waals surface area contributed by atoms with Crippen molar-refractivity contribution in [2.75, 3.05) is 13.2 Å². The molecule has 0 aliphatic heterocycles. The van der Waals surface area contributed by atoms with Gasteiger partial charge in [0.05, 0.1) is 0 Å². The first-order valence-corrected chi connectivity index (χ1v) is 25.7. The van der Waals surface area contributed by atoms with E-state index < -0.39 is 6.10 Å². The van der Waals surface area contributed by atoms with Crippen LogP contribution in [0.1, 0.15) is 233 Å². The van der Waals surface area contributed by atoms with Gasteiger partial charge in [-0.15, -0.1) is 0 Å². The summed E-state index contributed by atoms with van der Waals surface area (Å²) in [7, 11) is 0. The lowest BCUT2D eigenvalue weighted by atomic mass is 10.1. The smallest absolute Gasteiger partial charge is 0.306 e. The second-order valence-electron chi connectivity index (χ2n) is 16.8. The predicted molar refractivity (Wildman–Crippen MR) is 265 cm³/mol. The van der Waals surface area contributed by atoms with Gasteiger partial charge in [-0.05, 0) is 83.5 Å². The molecule has 1 atom stereocenters. The Labute approximate surface area is 382 Å². The van der Waals surface area contributed by atoms with Gasteiger partial charge in [0.15, 0.2) is 6.10 Å². The molecule has 0 aliphatic rings. The van der Waals surface area contributed by atoms with E-state index in [4.69, 9.17) is 14.2 Å². The van der Waals surface area contributed by atoms with Crippen molar-refractivity contribution in [3.63, 3.8) is 0 Å². The minimum atomic E-state index is -0.795. The van der Waals surface area contributed by atoms with Gasteiger partial charge in [-0.1, -0.05) is 215 Å². The molecule has 0 radical (unpaired) electrons. The second-order valence-corrected chi connectivity index (χ2v) is 16.8. The first-order chi connectivity index (χ1) is 30.5. The standard InChI is InChI=1S/C56H94O6/c1-4-7-10-13-16-19-22-24-26-28-29-31-32-34-37-40-43-46-49-55(58)61-52-53(51-60-54(57)48-45-42-39-36-21-18-15-12-9-6-3)62-56(59)50-47-44-41-38-35-33-30-27-25-23-20-17-14-11-8-5-2/h10,13,15-16,18-19,22,24,26-31,53H,4-9,11-12,14,17,20-21,23,25,32-52H2,1-3H3/b13-10-,18-15-,19-16-,24-22-,28-26-,30-27-,31-29-. The molecule has 0 aromatic heterocycles. The van der Waals surface area contributed by atoms with Crippen LogP contribution in [-0.2, 0) is 28.6 Å². The molecule has 62 heavy (non-hydrogen) atoms. The van der Waals surface area contributed by atoms with Crippen molar-refractivity contribution in [3.05, 3.63) is 85.1 Å². The highest BCUT2D eigenvalue weighted by Gasteiger charge is 2.19. The molecule has 0 saturated carbocycles. The summed E-state index contributed by atoms with van der Waals surface area (Å²) in [6.45, 7) is 6.46. The van der Waals surface area contributed by atoms with E-state index in [-0.39, 0.29) is 31.1 Å². The molecule has 0 rings (SSSR count). The monoisotopic (exact) mass is 863 g/mol. The van der Waals surface area contributed by atoms with Crippen LogP contribution in [0, 0.1) is 0 Å². The lowest BCUT2D eigenvalue weighted by molar-refractivity contribution is -0.167. The summed E-state index contributed by atoms with van der Waals surface area (Å²) in [5.74, 6) is -0.943. The summed E-state index contributed by atoms with van der Waals surface area (Å²) >= 11 is 0. The van der Waals surface area contributed by atoms with Gasteiger partial charge in [0.2, 0.25) is 0 Å². The normalized spacial score (nSPS) is 12.8. The largest absolute Gasteiger partial charge is 0.462 e. The predicted octanol–water partition coefficient (Wildman–Crippen LogP) is 16.8. The minimum Gasteiger partial charge on any atom is -0.462 e. The van der Waals surface area contributed by atoms with E-state index in [0.717, 1.165) is 116 Å². The van der Waals surface area contributed by atoms with Gasteiger partial charge in [0.25, 0.3) is 0 Å². The highest BCUT2D eigenvalue weighted by molar-refractivity contribution is 5.71. The molecule has 0 aromatic carbocycles. The fraction of sp³-hybridized carbons (Fsp3) is 0.696. The van der Waals surface area contributed by atoms with Gasteiger partial charge < -0.3 is 14.2 Å². The van der Waals surface area contributed by atoms with Gasteiger partial charge in [-0.3, -0.25) is 14.4 Å². The Balaban J connectivity index is 4.44. The molecule has 6 nitrogen and oxygen atoms in total. The Morgan fingerprint density at radius 1 is 0.323 bits per heavy atom. The van der Waals surface area contributed by atoms with Gasteiger partial charge in [-0.2, -0.15) is 0 Å². The maximum absolute atomic E-state index is 12.8. The van der Waals surface area contributed by atoms with Crippen molar-refractivity contribution in [2.24, 2.45) is 0 Å². The Hall–Kier alpha value is -3.41. The van der Waals surface area contributed by atoms with E-state index in [1.54, 1.807) is 0 Å². The fourth-order valence-electron chi connectivity index (χ4n) is 6.80. The van der Waals surface area contributed by atoms with E-state index in [1.165, 1.54) is 77.0 Å². The summed E-state index contributed by atoms with van der Waals surface area (Å²) in [5, 5.41) is 0. The number of hydrogen-bond acceptors (Lipinski definition) is 6. The minimum absolute atomic E-state index is 0.0951. The molecule has 0 saturated heterocycles. The second kappa shape index (κ2) is 50.2. The number of ether oxygens (including phenoxy) is 3. The van der Waals surface area contributed by atoms with Crippen molar-refractivity contribution < 1.29 is 28.6 Å². The van der Waals surface area contributed by atoms with E-state index >= 15 is 0 Å². The number of rotatable bonds is 45. The first kappa shape index (κ1) is 58.6.